The number of carbonyl (C=O) groups excluding carboxylic acids is 1. The fourth-order valence-corrected chi connectivity index (χ4v) is 4.51. The largest absolute Gasteiger partial charge is 0.493 e. The maximum absolute atomic E-state index is 12.3. The van der Waals surface area contributed by atoms with Crippen LogP contribution < -0.4 is 10.1 Å². The molecule has 1 saturated heterocycles. The lowest BCUT2D eigenvalue weighted by Gasteiger charge is -2.30. The molecule has 1 amide bonds. The van der Waals surface area contributed by atoms with Gasteiger partial charge in [-0.2, -0.15) is 0 Å². The van der Waals surface area contributed by atoms with E-state index in [0.717, 1.165) is 55.6 Å². The molecule has 2 aromatic rings. The molecule has 0 spiro atoms. The van der Waals surface area contributed by atoms with Crippen molar-refractivity contribution < 1.29 is 9.53 Å². The smallest absolute Gasteiger partial charge is 0.230 e. The number of piperidine rings is 1. The van der Waals surface area contributed by atoms with Gasteiger partial charge in [-0.25, -0.2) is 4.98 Å². The number of anilines is 1. The summed E-state index contributed by atoms with van der Waals surface area (Å²) in [6.07, 6.45) is 3.88. The Morgan fingerprint density at radius 1 is 1.46 bits per heavy atom. The molecule has 1 aromatic carbocycles. The van der Waals surface area contributed by atoms with E-state index < -0.39 is 0 Å². The molecule has 1 fully saturated rings. The summed E-state index contributed by atoms with van der Waals surface area (Å²) in [5, 5.41) is 5.69. The highest BCUT2D eigenvalue weighted by Gasteiger charge is 2.18. The zero-order valence-corrected chi connectivity index (χ0v) is 16.0. The first-order valence-corrected chi connectivity index (χ1v) is 10.2. The molecular formula is C20H25N3O2S. The molecule has 3 heterocycles. The Hall–Kier alpha value is -1.92. The van der Waals surface area contributed by atoms with Crippen molar-refractivity contribution in [1.82, 2.24) is 9.88 Å². The fraction of sp³-hybridized carbons (Fsp3) is 0.500. The molecule has 2 aliphatic rings. The van der Waals surface area contributed by atoms with Crippen LogP contribution in [0, 0.1) is 5.92 Å². The zero-order chi connectivity index (χ0) is 17.9. The van der Waals surface area contributed by atoms with Crippen molar-refractivity contribution in [2.75, 3.05) is 25.0 Å². The van der Waals surface area contributed by atoms with Crippen LogP contribution in [0.25, 0.3) is 0 Å². The molecule has 0 aliphatic carbocycles. The number of likely N-dealkylation sites (tertiary alicyclic amines) is 1. The summed E-state index contributed by atoms with van der Waals surface area (Å²) in [6.45, 7) is 6.21. The molecule has 1 atom stereocenters. The van der Waals surface area contributed by atoms with E-state index in [1.807, 2.05) is 12.1 Å². The predicted molar refractivity (Wildman–Crippen MR) is 104 cm³/mol. The molecule has 0 radical (unpaired) electrons. The highest BCUT2D eigenvalue weighted by atomic mass is 32.1. The van der Waals surface area contributed by atoms with Crippen molar-refractivity contribution in [3.63, 3.8) is 0 Å². The van der Waals surface area contributed by atoms with Crippen molar-refractivity contribution in [3.05, 3.63) is 40.4 Å². The van der Waals surface area contributed by atoms with E-state index in [4.69, 9.17) is 4.74 Å². The summed E-state index contributed by atoms with van der Waals surface area (Å²) >= 11 is 1.51. The van der Waals surface area contributed by atoms with Crippen molar-refractivity contribution in [1.29, 1.82) is 0 Å². The van der Waals surface area contributed by atoms with Crippen LogP contribution in [0.5, 0.6) is 5.75 Å². The Kier molecular flexibility index (Phi) is 5.22. The van der Waals surface area contributed by atoms with Crippen LogP contribution in [0.15, 0.2) is 23.6 Å². The molecule has 26 heavy (non-hydrogen) atoms. The van der Waals surface area contributed by atoms with Crippen molar-refractivity contribution >= 4 is 22.4 Å². The number of rotatable bonds is 5. The lowest BCUT2D eigenvalue weighted by Crippen LogP contribution is -2.33. The van der Waals surface area contributed by atoms with Gasteiger partial charge in [-0.15, -0.1) is 11.3 Å². The summed E-state index contributed by atoms with van der Waals surface area (Å²) in [6, 6.07) is 6.01. The molecular weight excluding hydrogens is 346 g/mol. The Labute approximate surface area is 158 Å². The number of fused-ring (bicyclic) bond motifs is 1. The second kappa shape index (κ2) is 7.76. The lowest BCUT2D eigenvalue weighted by atomic mass is 10.0. The zero-order valence-electron chi connectivity index (χ0n) is 15.2. The Balaban J connectivity index is 1.31. The number of ether oxygens (including phenoxy) is 1. The van der Waals surface area contributed by atoms with E-state index in [-0.39, 0.29) is 5.91 Å². The summed E-state index contributed by atoms with van der Waals surface area (Å²) in [4.78, 5) is 19.4. The summed E-state index contributed by atoms with van der Waals surface area (Å²) in [5.41, 5.74) is 3.27. The maximum Gasteiger partial charge on any atom is 0.230 e. The molecule has 138 valence electrons. The minimum Gasteiger partial charge on any atom is -0.493 e. The number of carbonyl (C=O) groups is 1. The van der Waals surface area contributed by atoms with Gasteiger partial charge in [-0.1, -0.05) is 19.1 Å². The molecule has 6 heteroatoms. The highest BCUT2D eigenvalue weighted by Crippen LogP contribution is 2.26. The molecule has 0 saturated carbocycles. The first kappa shape index (κ1) is 17.5. The van der Waals surface area contributed by atoms with Gasteiger partial charge in [0.15, 0.2) is 5.13 Å². The number of amides is 1. The van der Waals surface area contributed by atoms with Crippen LogP contribution in [-0.2, 0) is 24.2 Å². The molecule has 0 bridgehead atoms. The van der Waals surface area contributed by atoms with E-state index in [0.29, 0.717) is 11.6 Å². The van der Waals surface area contributed by atoms with Gasteiger partial charge in [0.2, 0.25) is 5.91 Å². The van der Waals surface area contributed by atoms with Crippen molar-refractivity contribution in [3.8, 4) is 5.75 Å². The third kappa shape index (κ3) is 4.24. The second-order valence-electron chi connectivity index (χ2n) is 7.39. The number of benzene rings is 1. The van der Waals surface area contributed by atoms with Crippen LogP contribution in [0.3, 0.4) is 0 Å². The van der Waals surface area contributed by atoms with Crippen LogP contribution in [-0.4, -0.2) is 35.5 Å². The van der Waals surface area contributed by atoms with E-state index in [9.17, 15) is 4.79 Å². The number of nitrogens with zero attached hydrogens (tertiary/aromatic N) is 2. The highest BCUT2D eigenvalue weighted by molar-refractivity contribution is 7.13. The van der Waals surface area contributed by atoms with Crippen LogP contribution in [0.4, 0.5) is 5.13 Å². The van der Waals surface area contributed by atoms with Crippen LogP contribution in [0.1, 0.15) is 36.6 Å². The summed E-state index contributed by atoms with van der Waals surface area (Å²) in [5.74, 6) is 1.70. The third-order valence-corrected chi connectivity index (χ3v) is 5.85. The van der Waals surface area contributed by atoms with Gasteiger partial charge in [0.1, 0.15) is 5.75 Å². The first-order valence-electron chi connectivity index (χ1n) is 9.37. The number of hydrogen-bond donors (Lipinski definition) is 1. The van der Waals surface area contributed by atoms with E-state index in [1.165, 1.54) is 29.7 Å². The first-order chi connectivity index (χ1) is 12.7. The van der Waals surface area contributed by atoms with Crippen LogP contribution >= 0.6 is 11.3 Å². The van der Waals surface area contributed by atoms with Gasteiger partial charge in [0, 0.05) is 24.9 Å². The number of thiazole rings is 1. The minimum absolute atomic E-state index is 0.0173. The molecule has 2 aliphatic heterocycles. The quantitative estimate of drug-likeness (QED) is 0.874. The Morgan fingerprint density at radius 2 is 2.38 bits per heavy atom. The average molecular weight is 372 g/mol. The topological polar surface area (TPSA) is 54.5 Å². The molecule has 1 unspecified atom stereocenters. The number of hydrogen-bond acceptors (Lipinski definition) is 5. The molecule has 4 rings (SSSR count). The normalized spacial score (nSPS) is 19.8. The van der Waals surface area contributed by atoms with Gasteiger partial charge < -0.3 is 10.1 Å². The number of nitrogens with one attached hydrogen (secondary N) is 1. The Morgan fingerprint density at radius 3 is 3.27 bits per heavy atom. The predicted octanol–water partition coefficient (Wildman–Crippen LogP) is 3.49. The lowest BCUT2D eigenvalue weighted by molar-refractivity contribution is -0.115. The minimum atomic E-state index is -0.0173. The van der Waals surface area contributed by atoms with Crippen molar-refractivity contribution in [2.24, 2.45) is 5.92 Å². The van der Waals surface area contributed by atoms with E-state index in [1.54, 1.807) is 0 Å². The van der Waals surface area contributed by atoms with Gasteiger partial charge in [0.25, 0.3) is 0 Å². The SMILES string of the molecule is CC1CCCN(Cc2csc(NC(=O)Cc3ccc4c(c3)CCO4)n2)C1. The number of aromatic nitrogens is 1. The van der Waals surface area contributed by atoms with Crippen molar-refractivity contribution in [2.45, 2.75) is 39.2 Å². The monoisotopic (exact) mass is 371 g/mol. The van der Waals surface area contributed by atoms with Gasteiger partial charge >= 0.3 is 0 Å². The maximum atomic E-state index is 12.3. The fourth-order valence-electron chi connectivity index (χ4n) is 3.80. The Bertz CT molecular complexity index is 789. The average Bonchev–Trinajstić information content (AvgIpc) is 3.23. The molecule has 1 N–H and O–H groups in total. The van der Waals surface area contributed by atoms with Crippen LogP contribution in [0.2, 0.25) is 0 Å². The standard InChI is InChI=1S/C20H25N3O2S/c1-14-3-2-7-23(11-14)12-17-13-26-20(21-17)22-19(24)10-15-4-5-18-16(9-15)6-8-25-18/h4-5,9,13-14H,2-3,6-8,10-12H2,1H3,(H,21,22,24). The molecule has 5 nitrogen and oxygen atoms in total. The van der Waals surface area contributed by atoms with Gasteiger partial charge in [-0.05, 0) is 42.5 Å². The second-order valence-corrected chi connectivity index (χ2v) is 8.25. The van der Waals surface area contributed by atoms with E-state index >= 15 is 0 Å². The van der Waals surface area contributed by atoms with Gasteiger partial charge in [0.05, 0.1) is 18.7 Å². The summed E-state index contributed by atoms with van der Waals surface area (Å²) in [7, 11) is 0. The molecule has 1 aromatic heterocycles. The summed E-state index contributed by atoms with van der Waals surface area (Å²) < 4.78 is 5.51. The van der Waals surface area contributed by atoms with E-state index in [2.05, 4.69) is 33.6 Å². The van der Waals surface area contributed by atoms with Gasteiger partial charge in [-0.3, -0.25) is 9.69 Å². The third-order valence-electron chi connectivity index (χ3n) is 5.04.